The van der Waals surface area contributed by atoms with Gasteiger partial charge in [0.25, 0.3) is 0 Å². The number of ketones is 1. The van der Waals surface area contributed by atoms with Gasteiger partial charge >= 0.3 is 0 Å². The third-order valence-electron chi connectivity index (χ3n) is 4.59. The zero-order valence-electron chi connectivity index (χ0n) is 14.6. The van der Waals surface area contributed by atoms with Gasteiger partial charge in [-0.05, 0) is 45.1 Å². The van der Waals surface area contributed by atoms with Crippen molar-refractivity contribution in [2.45, 2.75) is 78.6 Å². The van der Waals surface area contributed by atoms with Gasteiger partial charge < -0.3 is 9.64 Å². The monoisotopic (exact) mass is 306 g/mol. The van der Waals surface area contributed by atoms with Gasteiger partial charge in [-0.3, -0.25) is 4.79 Å². The molecule has 4 heteroatoms. The van der Waals surface area contributed by atoms with E-state index in [1.165, 1.54) is 12.8 Å². The van der Waals surface area contributed by atoms with Gasteiger partial charge in [0.05, 0.1) is 24.0 Å². The quantitative estimate of drug-likeness (QED) is 0.533. The summed E-state index contributed by atoms with van der Waals surface area (Å²) in [6.07, 6.45) is 7.36. The number of carbonyl (C=O) groups excluding carboxylic acids is 1. The Morgan fingerprint density at radius 1 is 1.41 bits per heavy atom. The second-order valence-electron chi connectivity index (χ2n) is 7.08. The molecule has 0 amide bonds. The summed E-state index contributed by atoms with van der Waals surface area (Å²) < 4.78 is 5.87. The van der Waals surface area contributed by atoms with E-state index in [0.29, 0.717) is 24.0 Å². The van der Waals surface area contributed by atoms with E-state index >= 15 is 0 Å². The molecule has 4 nitrogen and oxygen atoms in total. The van der Waals surface area contributed by atoms with E-state index in [1.54, 1.807) is 13.8 Å². The molecule has 2 saturated heterocycles. The van der Waals surface area contributed by atoms with Crippen LogP contribution in [0.5, 0.6) is 0 Å². The van der Waals surface area contributed by atoms with Crippen LogP contribution < -0.4 is 0 Å². The van der Waals surface area contributed by atoms with Crippen LogP contribution in [-0.4, -0.2) is 41.2 Å². The molecule has 0 N–H and O–H groups in total. The number of unbranched alkanes of at least 4 members (excludes halogenated alkanes) is 1. The van der Waals surface area contributed by atoms with Crippen LogP contribution in [0.2, 0.25) is 0 Å². The van der Waals surface area contributed by atoms with Crippen LogP contribution in [-0.2, 0) is 9.53 Å². The molecule has 0 aromatic rings. The largest absolute Gasteiger partial charge is 0.371 e. The second-order valence-corrected chi connectivity index (χ2v) is 7.08. The Labute approximate surface area is 134 Å². The molecule has 2 aliphatic rings. The van der Waals surface area contributed by atoms with Crippen molar-refractivity contribution in [1.82, 2.24) is 4.90 Å². The van der Waals surface area contributed by atoms with Gasteiger partial charge in [0.1, 0.15) is 5.82 Å². The Morgan fingerprint density at radius 3 is 2.73 bits per heavy atom. The van der Waals surface area contributed by atoms with Gasteiger partial charge in [0.2, 0.25) is 0 Å². The molecule has 0 aliphatic carbocycles. The van der Waals surface area contributed by atoms with Crippen molar-refractivity contribution < 1.29 is 9.53 Å². The van der Waals surface area contributed by atoms with Crippen molar-refractivity contribution >= 4 is 11.5 Å². The van der Waals surface area contributed by atoms with Crippen molar-refractivity contribution in [2.75, 3.05) is 6.54 Å². The lowest BCUT2D eigenvalue weighted by molar-refractivity contribution is -0.111. The Bertz CT molecular complexity index is 468. The number of rotatable bonds is 7. The maximum Gasteiger partial charge on any atom is 0.173 e. The van der Waals surface area contributed by atoms with Crippen LogP contribution in [0.25, 0.3) is 0 Å². The third-order valence-corrected chi connectivity index (χ3v) is 4.59. The van der Waals surface area contributed by atoms with Crippen molar-refractivity contribution in [3.63, 3.8) is 0 Å². The summed E-state index contributed by atoms with van der Waals surface area (Å²) in [4.78, 5) is 18.4. The topological polar surface area (TPSA) is 41.9 Å². The fourth-order valence-electron chi connectivity index (χ4n) is 3.12. The van der Waals surface area contributed by atoms with E-state index < -0.39 is 0 Å². The number of hydrogen-bond acceptors (Lipinski definition) is 4. The smallest absolute Gasteiger partial charge is 0.173 e. The molecule has 2 heterocycles. The minimum absolute atomic E-state index is 0.0428. The van der Waals surface area contributed by atoms with Crippen LogP contribution >= 0.6 is 0 Å². The van der Waals surface area contributed by atoms with Crippen molar-refractivity contribution in [1.29, 1.82) is 0 Å². The van der Waals surface area contributed by atoms with E-state index in [9.17, 15) is 4.79 Å². The molecule has 124 valence electrons. The predicted molar refractivity (Wildman–Crippen MR) is 90.0 cm³/mol. The fraction of sp³-hybridized carbons (Fsp3) is 0.778. The number of aliphatic imine (C=N–C) groups is 1. The molecule has 0 radical (unpaired) electrons. The van der Waals surface area contributed by atoms with Gasteiger partial charge in [-0.25, -0.2) is 4.99 Å². The van der Waals surface area contributed by atoms with Gasteiger partial charge in [0, 0.05) is 13.5 Å². The number of fused-ring (bicyclic) bond motifs is 1. The van der Waals surface area contributed by atoms with Gasteiger partial charge in [-0.2, -0.15) is 0 Å². The number of carbonyl (C=O) groups is 1. The van der Waals surface area contributed by atoms with Crippen LogP contribution in [0.4, 0.5) is 0 Å². The summed E-state index contributed by atoms with van der Waals surface area (Å²) in [5, 5.41) is 0. The summed E-state index contributed by atoms with van der Waals surface area (Å²) in [6.45, 7) is 10.9. The Balaban J connectivity index is 2.04. The van der Waals surface area contributed by atoms with Crippen molar-refractivity contribution in [3.8, 4) is 0 Å². The Kier molecular flexibility index (Phi) is 5.79. The minimum Gasteiger partial charge on any atom is -0.371 e. The standard InChI is InChI=1S/C18H30N2O2/c1-12(2)8-6-7-9-18(19-14(4)15(5)21)20-11-17-16(20)10-13(3)22-17/h9,12-13,16-17H,6-8,10-11H2,1-5H3/b18-9-,19-14?. The Morgan fingerprint density at radius 2 is 2.14 bits per heavy atom. The van der Waals surface area contributed by atoms with E-state index in [0.717, 1.165) is 31.1 Å². The minimum atomic E-state index is 0.0428. The molecular weight excluding hydrogens is 276 g/mol. The lowest BCUT2D eigenvalue weighted by atomic mass is 9.97. The highest BCUT2D eigenvalue weighted by atomic mass is 16.5. The second kappa shape index (κ2) is 7.40. The molecule has 0 saturated carbocycles. The highest BCUT2D eigenvalue weighted by molar-refractivity contribution is 6.38. The number of likely N-dealkylation sites (tertiary alicyclic amines) is 1. The maximum atomic E-state index is 11.5. The molecule has 22 heavy (non-hydrogen) atoms. The number of hydrogen-bond donors (Lipinski definition) is 0. The van der Waals surface area contributed by atoms with Gasteiger partial charge in [0.15, 0.2) is 5.78 Å². The average molecular weight is 306 g/mol. The Hall–Kier alpha value is -1.16. The van der Waals surface area contributed by atoms with E-state index in [4.69, 9.17) is 4.74 Å². The highest BCUT2D eigenvalue weighted by Crippen LogP contribution is 2.36. The first-order valence-electron chi connectivity index (χ1n) is 8.57. The van der Waals surface area contributed by atoms with E-state index in [-0.39, 0.29) is 5.78 Å². The predicted octanol–water partition coefficient (Wildman–Crippen LogP) is 3.57. The maximum absolute atomic E-state index is 11.5. The summed E-state index contributed by atoms with van der Waals surface area (Å²) in [7, 11) is 0. The lowest BCUT2D eigenvalue weighted by Gasteiger charge is -2.44. The molecule has 3 unspecified atom stereocenters. The molecule has 2 fully saturated rings. The molecule has 0 spiro atoms. The molecule has 2 rings (SSSR count). The normalized spacial score (nSPS) is 28.8. The summed E-state index contributed by atoms with van der Waals surface area (Å²) in [5.74, 6) is 1.74. The average Bonchev–Trinajstić information content (AvgIpc) is 2.70. The van der Waals surface area contributed by atoms with E-state index in [1.807, 2.05) is 0 Å². The molecular formula is C18H30N2O2. The first kappa shape index (κ1) is 17.2. The fourth-order valence-corrected chi connectivity index (χ4v) is 3.12. The highest BCUT2D eigenvalue weighted by Gasteiger charge is 2.47. The zero-order valence-corrected chi connectivity index (χ0v) is 14.6. The number of allylic oxidation sites excluding steroid dienone is 1. The number of Topliss-reactive ketones (excluding diaryl/α,β-unsaturated/α-hetero) is 1. The van der Waals surface area contributed by atoms with Crippen molar-refractivity contribution in [2.24, 2.45) is 10.9 Å². The van der Waals surface area contributed by atoms with Gasteiger partial charge in [-0.1, -0.05) is 20.3 Å². The first-order valence-corrected chi connectivity index (χ1v) is 8.57. The molecule has 3 atom stereocenters. The summed E-state index contributed by atoms with van der Waals surface area (Å²) in [6, 6.07) is 0.440. The summed E-state index contributed by atoms with van der Waals surface area (Å²) in [5.41, 5.74) is 0.588. The summed E-state index contributed by atoms with van der Waals surface area (Å²) >= 11 is 0. The first-order chi connectivity index (χ1) is 10.4. The zero-order chi connectivity index (χ0) is 16.3. The van der Waals surface area contributed by atoms with Crippen LogP contribution in [0, 0.1) is 5.92 Å². The van der Waals surface area contributed by atoms with E-state index in [2.05, 4.69) is 36.7 Å². The molecule has 0 bridgehead atoms. The van der Waals surface area contributed by atoms with Crippen LogP contribution in [0.15, 0.2) is 16.9 Å². The van der Waals surface area contributed by atoms with Crippen LogP contribution in [0.3, 0.4) is 0 Å². The molecule has 0 aromatic carbocycles. The lowest BCUT2D eigenvalue weighted by Crippen LogP contribution is -2.56. The van der Waals surface area contributed by atoms with Crippen LogP contribution in [0.1, 0.15) is 60.3 Å². The van der Waals surface area contributed by atoms with Gasteiger partial charge in [-0.15, -0.1) is 0 Å². The number of ether oxygens (including phenoxy) is 1. The SMILES string of the molecule is CC(=O)C(C)=N/C(=C/CCCC(C)C)N1CC2OC(C)CC21. The molecule has 2 aliphatic heterocycles. The third kappa shape index (κ3) is 4.19. The van der Waals surface area contributed by atoms with Crippen molar-refractivity contribution in [3.05, 3.63) is 11.9 Å². The molecule has 0 aromatic heterocycles. The number of nitrogens with zero attached hydrogens (tertiary/aromatic N) is 2.